The van der Waals surface area contributed by atoms with Gasteiger partial charge in [-0.25, -0.2) is 0 Å². The van der Waals surface area contributed by atoms with Crippen molar-refractivity contribution in [3.8, 4) is 0 Å². The minimum absolute atomic E-state index is 1.00. The highest BCUT2D eigenvalue weighted by atomic mass is 13.9. The van der Waals surface area contributed by atoms with Gasteiger partial charge in [-0.15, -0.1) is 0 Å². The van der Waals surface area contributed by atoms with Crippen LogP contribution in [0.25, 0.3) is 0 Å². The van der Waals surface area contributed by atoms with Crippen molar-refractivity contribution in [1.82, 2.24) is 0 Å². The molecule has 67 valence electrons. The van der Waals surface area contributed by atoms with E-state index < -0.39 is 0 Å². The highest BCUT2D eigenvalue weighted by Crippen LogP contribution is 1.98. The molecule has 2 aromatic carbocycles. The molecule has 0 atom stereocenters. The molecule has 0 heterocycles. The lowest BCUT2D eigenvalue weighted by atomic mass is 9.65. The van der Waals surface area contributed by atoms with Crippen LogP contribution in [0, 0.1) is 0 Å². The Kier molecular flexibility index (Phi) is 3.02. The van der Waals surface area contributed by atoms with Gasteiger partial charge in [0.25, 0.3) is 0 Å². The summed E-state index contributed by atoms with van der Waals surface area (Å²) >= 11 is 0. The number of rotatable bonds is 3. The second-order valence-corrected chi connectivity index (χ2v) is 3.30. The average molecular weight is 179 g/mol. The second-order valence-electron chi connectivity index (χ2n) is 3.30. The maximum atomic E-state index is 2.25. The fourth-order valence-corrected chi connectivity index (χ4v) is 1.44. The second kappa shape index (κ2) is 4.66. The van der Waals surface area contributed by atoms with E-state index in [1.165, 1.54) is 11.0 Å². The summed E-state index contributed by atoms with van der Waals surface area (Å²) in [5.41, 5.74) is 2.65. The highest BCUT2D eigenvalue weighted by molar-refractivity contribution is 6.52. The molecule has 0 saturated carbocycles. The zero-order chi connectivity index (χ0) is 9.64. The highest BCUT2D eigenvalue weighted by Gasteiger charge is 1.95. The molecule has 0 amide bonds. The van der Waals surface area contributed by atoms with Crippen molar-refractivity contribution in [1.29, 1.82) is 0 Å². The summed E-state index contributed by atoms with van der Waals surface area (Å²) in [7, 11) is 2.25. The normalized spacial score (nSPS) is 9.71. The number of hydrogen-bond acceptors (Lipinski definition) is 0. The summed E-state index contributed by atoms with van der Waals surface area (Å²) in [4.78, 5) is 0. The van der Waals surface area contributed by atoms with Gasteiger partial charge in [-0.2, -0.15) is 0 Å². The van der Waals surface area contributed by atoms with Gasteiger partial charge in [-0.05, 0) is 6.32 Å². The van der Waals surface area contributed by atoms with E-state index in [1.807, 2.05) is 12.1 Å². The molecule has 0 spiro atoms. The summed E-state index contributed by atoms with van der Waals surface area (Å²) < 4.78 is 0. The largest absolute Gasteiger partial charge is 0.156 e. The summed E-state index contributed by atoms with van der Waals surface area (Å²) in [6.07, 6.45) is 1.00. The van der Waals surface area contributed by atoms with Crippen molar-refractivity contribution in [2.75, 3.05) is 0 Å². The van der Waals surface area contributed by atoms with E-state index in [1.54, 1.807) is 0 Å². The topological polar surface area (TPSA) is 0 Å². The Morgan fingerprint density at radius 1 is 0.714 bits per heavy atom. The van der Waals surface area contributed by atoms with Gasteiger partial charge in [0, 0.05) is 0 Å². The van der Waals surface area contributed by atoms with Crippen LogP contribution in [0.4, 0.5) is 0 Å². The van der Waals surface area contributed by atoms with Crippen LogP contribution < -0.4 is 5.46 Å². The fraction of sp³-hybridized carbons (Fsp3) is 0.0769. The van der Waals surface area contributed by atoms with Crippen LogP contribution in [0.3, 0.4) is 0 Å². The molecule has 0 fully saturated rings. The van der Waals surface area contributed by atoms with E-state index in [-0.39, 0.29) is 0 Å². The van der Waals surface area contributed by atoms with Crippen molar-refractivity contribution in [3.05, 3.63) is 66.2 Å². The average Bonchev–Trinajstić information content (AvgIpc) is 2.29. The van der Waals surface area contributed by atoms with Gasteiger partial charge >= 0.3 is 0 Å². The lowest BCUT2D eigenvalue weighted by Gasteiger charge is -1.99. The van der Waals surface area contributed by atoms with Gasteiger partial charge in [-0.3, -0.25) is 0 Å². The maximum Gasteiger partial charge on any atom is 0.156 e. The van der Waals surface area contributed by atoms with Crippen molar-refractivity contribution >= 4 is 12.7 Å². The summed E-state index contributed by atoms with van der Waals surface area (Å²) in [6.45, 7) is 0. The first kappa shape index (κ1) is 9.08. The van der Waals surface area contributed by atoms with Crippen LogP contribution in [-0.2, 0) is 6.32 Å². The van der Waals surface area contributed by atoms with Gasteiger partial charge < -0.3 is 0 Å². The van der Waals surface area contributed by atoms with Gasteiger partial charge in [0.05, 0.1) is 0 Å². The Balaban J connectivity index is 1.96. The Morgan fingerprint density at radius 2 is 1.29 bits per heavy atom. The third-order valence-electron chi connectivity index (χ3n) is 2.22. The molecule has 14 heavy (non-hydrogen) atoms. The molecule has 0 aromatic heterocycles. The van der Waals surface area contributed by atoms with Crippen LogP contribution >= 0.6 is 0 Å². The summed E-state index contributed by atoms with van der Waals surface area (Å²) in [5, 5.41) is 0. The first-order valence-electron chi connectivity index (χ1n) is 4.87. The first-order valence-corrected chi connectivity index (χ1v) is 4.87. The van der Waals surface area contributed by atoms with Crippen molar-refractivity contribution < 1.29 is 0 Å². The van der Waals surface area contributed by atoms with Crippen molar-refractivity contribution in [2.45, 2.75) is 6.32 Å². The molecule has 0 N–H and O–H groups in total. The summed E-state index contributed by atoms with van der Waals surface area (Å²) in [5.74, 6) is 0. The fourth-order valence-electron chi connectivity index (χ4n) is 1.44. The smallest absolute Gasteiger partial charge is 0.0874 e. The van der Waals surface area contributed by atoms with Crippen LogP contribution in [0.2, 0.25) is 0 Å². The Bertz CT molecular complexity index is 327. The zero-order valence-corrected chi connectivity index (χ0v) is 8.06. The van der Waals surface area contributed by atoms with E-state index in [2.05, 4.69) is 55.8 Å². The molecule has 2 rings (SSSR count). The molecule has 0 saturated heterocycles. The predicted octanol–water partition coefficient (Wildman–Crippen LogP) is 2.22. The van der Waals surface area contributed by atoms with E-state index in [0.29, 0.717) is 0 Å². The van der Waals surface area contributed by atoms with Crippen LogP contribution in [0.1, 0.15) is 5.56 Å². The molecule has 2 aromatic rings. The van der Waals surface area contributed by atoms with Crippen molar-refractivity contribution in [3.63, 3.8) is 0 Å². The van der Waals surface area contributed by atoms with E-state index >= 15 is 0 Å². The molecule has 1 radical (unpaired) electrons. The maximum absolute atomic E-state index is 2.25. The standard InChI is InChI=1S/C13H12B/c1-3-7-12(8-4-1)11-14-13-9-5-2-6-10-13/h1-10H,11H2. The van der Waals surface area contributed by atoms with Crippen LogP contribution in [-0.4, -0.2) is 7.28 Å². The van der Waals surface area contributed by atoms with Crippen molar-refractivity contribution in [2.24, 2.45) is 0 Å². The molecule has 1 heteroatoms. The third kappa shape index (κ3) is 2.49. The molecule has 0 aliphatic heterocycles. The van der Waals surface area contributed by atoms with Gasteiger partial charge in [0.15, 0.2) is 7.28 Å². The molecular formula is C13H12B. The number of benzene rings is 2. The third-order valence-corrected chi connectivity index (χ3v) is 2.22. The van der Waals surface area contributed by atoms with E-state index in [9.17, 15) is 0 Å². The monoisotopic (exact) mass is 179 g/mol. The zero-order valence-electron chi connectivity index (χ0n) is 8.06. The van der Waals surface area contributed by atoms with Gasteiger partial charge in [0.1, 0.15) is 0 Å². The quantitative estimate of drug-likeness (QED) is 0.633. The van der Waals surface area contributed by atoms with Crippen LogP contribution in [0.15, 0.2) is 60.7 Å². The number of hydrogen-bond donors (Lipinski definition) is 0. The van der Waals surface area contributed by atoms with Crippen LogP contribution in [0.5, 0.6) is 0 Å². The van der Waals surface area contributed by atoms with E-state index in [0.717, 1.165) is 6.32 Å². The minimum Gasteiger partial charge on any atom is -0.0874 e. The van der Waals surface area contributed by atoms with Gasteiger partial charge in [0.2, 0.25) is 0 Å². The van der Waals surface area contributed by atoms with Gasteiger partial charge in [-0.1, -0.05) is 71.7 Å². The molecule has 0 nitrogen and oxygen atoms in total. The lowest BCUT2D eigenvalue weighted by molar-refractivity contribution is 1.39. The summed E-state index contributed by atoms with van der Waals surface area (Å²) in [6, 6.07) is 20.9. The molecule has 0 bridgehead atoms. The Labute approximate surface area is 85.8 Å². The SMILES string of the molecule is [B](Cc1ccccc1)c1ccccc1. The Morgan fingerprint density at radius 3 is 1.93 bits per heavy atom. The molecule has 0 aliphatic carbocycles. The lowest BCUT2D eigenvalue weighted by Crippen LogP contribution is -2.15. The first-order chi connectivity index (χ1) is 6.95. The molecule has 0 unspecified atom stereocenters. The molecule has 0 aliphatic rings. The minimum atomic E-state index is 1.00. The molecular weight excluding hydrogens is 167 g/mol. The predicted molar refractivity (Wildman–Crippen MR) is 62.0 cm³/mol. The van der Waals surface area contributed by atoms with E-state index in [4.69, 9.17) is 0 Å². The Hall–Kier alpha value is -1.50.